The summed E-state index contributed by atoms with van der Waals surface area (Å²) in [6.45, 7) is 7.41. The van der Waals surface area contributed by atoms with Crippen LogP contribution >= 0.6 is 0 Å². The van der Waals surface area contributed by atoms with Crippen molar-refractivity contribution in [2.45, 2.75) is 33.6 Å². The Bertz CT molecular complexity index is 450. The Morgan fingerprint density at radius 3 is 2.78 bits per heavy atom. The molecule has 1 aliphatic carbocycles. The predicted molar refractivity (Wildman–Crippen MR) is 75.3 cm³/mol. The highest BCUT2D eigenvalue weighted by Crippen LogP contribution is 2.28. The van der Waals surface area contributed by atoms with Gasteiger partial charge >= 0.3 is 0 Å². The molecule has 18 heavy (non-hydrogen) atoms. The molecule has 0 fully saturated rings. The highest BCUT2D eigenvalue weighted by molar-refractivity contribution is 5.50. The molecule has 0 heterocycles. The van der Waals surface area contributed by atoms with Crippen LogP contribution in [0.1, 0.15) is 32.3 Å². The molecule has 1 aromatic rings. The molecule has 1 nitrogen and oxygen atoms in total. The molecule has 0 amide bonds. The van der Waals surface area contributed by atoms with Crippen molar-refractivity contribution in [1.29, 1.82) is 0 Å². The highest BCUT2D eigenvalue weighted by Gasteiger charge is 2.17. The highest BCUT2D eigenvalue weighted by atomic mass is 19.1. The number of aryl methyl sites for hydroxylation is 1. The lowest BCUT2D eigenvalue weighted by atomic mass is 9.83. The summed E-state index contributed by atoms with van der Waals surface area (Å²) in [6, 6.07) is 4.93. The first kappa shape index (κ1) is 13.1. The van der Waals surface area contributed by atoms with Gasteiger partial charge in [0.05, 0.1) is 0 Å². The quantitative estimate of drug-likeness (QED) is 0.773. The van der Waals surface area contributed by atoms with Crippen molar-refractivity contribution in [2.24, 2.45) is 11.8 Å². The molecule has 2 atom stereocenters. The number of anilines is 1. The topological polar surface area (TPSA) is 12.0 Å². The Morgan fingerprint density at radius 2 is 2.11 bits per heavy atom. The molecular formula is C16H22FN. The van der Waals surface area contributed by atoms with Crippen LogP contribution in [0.2, 0.25) is 0 Å². The van der Waals surface area contributed by atoms with Gasteiger partial charge in [-0.25, -0.2) is 4.39 Å². The van der Waals surface area contributed by atoms with Gasteiger partial charge in [0.15, 0.2) is 0 Å². The van der Waals surface area contributed by atoms with Crippen molar-refractivity contribution in [1.82, 2.24) is 0 Å². The van der Waals surface area contributed by atoms with Gasteiger partial charge in [-0.2, -0.15) is 0 Å². The van der Waals surface area contributed by atoms with Gasteiger partial charge in [-0.3, -0.25) is 0 Å². The number of nitrogens with one attached hydrogen (secondary N) is 1. The van der Waals surface area contributed by atoms with E-state index in [2.05, 4.69) is 25.2 Å². The van der Waals surface area contributed by atoms with E-state index in [1.165, 1.54) is 24.5 Å². The molecule has 1 aliphatic rings. The maximum Gasteiger partial charge on any atom is 0.123 e. The van der Waals surface area contributed by atoms with Gasteiger partial charge in [0.1, 0.15) is 5.82 Å². The van der Waals surface area contributed by atoms with Crippen molar-refractivity contribution in [2.75, 3.05) is 11.9 Å². The zero-order chi connectivity index (χ0) is 13.1. The molecule has 2 unspecified atom stereocenters. The molecule has 0 aliphatic heterocycles. The van der Waals surface area contributed by atoms with Crippen LogP contribution in [0.3, 0.4) is 0 Å². The summed E-state index contributed by atoms with van der Waals surface area (Å²) in [5, 5.41) is 3.46. The van der Waals surface area contributed by atoms with E-state index < -0.39 is 0 Å². The van der Waals surface area contributed by atoms with E-state index in [9.17, 15) is 4.39 Å². The van der Waals surface area contributed by atoms with Crippen LogP contribution in [0.25, 0.3) is 0 Å². The first-order valence-corrected chi connectivity index (χ1v) is 6.72. The molecule has 0 radical (unpaired) electrons. The summed E-state index contributed by atoms with van der Waals surface area (Å²) in [5.74, 6) is 1.21. The molecule has 2 heteroatoms. The minimum Gasteiger partial charge on any atom is -0.385 e. The molecule has 1 aromatic carbocycles. The van der Waals surface area contributed by atoms with E-state index >= 15 is 0 Å². The van der Waals surface area contributed by atoms with Crippen LogP contribution in [-0.4, -0.2) is 6.54 Å². The SMILES string of the molecule is CC1=CC(C)CC(CNc2ccc(F)cc2C)C1. The van der Waals surface area contributed by atoms with Crippen LogP contribution in [0.15, 0.2) is 29.8 Å². The molecule has 0 aromatic heterocycles. The first-order valence-electron chi connectivity index (χ1n) is 6.72. The van der Waals surface area contributed by atoms with Crippen molar-refractivity contribution in [3.05, 3.63) is 41.2 Å². The van der Waals surface area contributed by atoms with E-state index in [0.29, 0.717) is 11.8 Å². The molecule has 98 valence electrons. The monoisotopic (exact) mass is 247 g/mol. The van der Waals surface area contributed by atoms with Crippen molar-refractivity contribution in [3.8, 4) is 0 Å². The van der Waals surface area contributed by atoms with Gasteiger partial charge in [0.2, 0.25) is 0 Å². The Morgan fingerprint density at radius 1 is 1.33 bits per heavy atom. The van der Waals surface area contributed by atoms with Crippen LogP contribution < -0.4 is 5.32 Å². The molecule has 0 saturated heterocycles. The largest absolute Gasteiger partial charge is 0.385 e. The third-order valence-electron chi connectivity index (χ3n) is 3.65. The van der Waals surface area contributed by atoms with Crippen molar-refractivity contribution < 1.29 is 4.39 Å². The average molecular weight is 247 g/mol. The lowest BCUT2D eigenvalue weighted by Gasteiger charge is -2.26. The van der Waals surface area contributed by atoms with Gasteiger partial charge < -0.3 is 5.32 Å². The summed E-state index contributed by atoms with van der Waals surface area (Å²) in [5.41, 5.74) is 3.53. The van der Waals surface area contributed by atoms with E-state index in [1.807, 2.05) is 13.0 Å². The Kier molecular flexibility index (Phi) is 4.05. The van der Waals surface area contributed by atoms with Gasteiger partial charge in [-0.05, 0) is 62.3 Å². The summed E-state index contributed by atoms with van der Waals surface area (Å²) in [6.07, 6.45) is 4.79. The van der Waals surface area contributed by atoms with E-state index in [4.69, 9.17) is 0 Å². The van der Waals surface area contributed by atoms with E-state index in [1.54, 1.807) is 6.07 Å². The van der Waals surface area contributed by atoms with Crippen molar-refractivity contribution >= 4 is 5.69 Å². The molecule has 0 bridgehead atoms. The predicted octanol–water partition coefficient (Wildman–Crippen LogP) is 4.54. The summed E-state index contributed by atoms with van der Waals surface area (Å²) >= 11 is 0. The van der Waals surface area contributed by atoms with Gasteiger partial charge in [0, 0.05) is 12.2 Å². The smallest absolute Gasteiger partial charge is 0.123 e. The normalized spacial score (nSPS) is 23.7. The summed E-state index contributed by atoms with van der Waals surface area (Å²) in [4.78, 5) is 0. The van der Waals surface area contributed by atoms with E-state index in [-0.39, 0.29) is 5.82 Å². The second-order valence-electron chi connectivity index (χ2n) is 5.64. The van der Waals surface area contributed by atoms with Crippen LogP contribution in [0, 0.1) is 24.6 Å². The maximum absolute atomic E-state index is 13.0. The Hall–Kier alpha value is -1.31. The summed E-state index contributed by atoms with van der Waals surface area (Å²) in [7, 11) is 0. The molecule has 2 rings (SSSR count). The van der Waals surface area contributed by atoms with Crippen LogP contribution in [0.5, 0.6) is 0 Å². The molecule has 0 spiro atoms. The Labute approximate surface area is 109 Å². The number of hydrogen-bond acceptors (Lipinski definition) is 1. The molecule has 1 N–H and O–H groups in total. The van der Waals surface area contributed by atoms with Gasteiger partial charge in [0.25, 0.3) is 0 Å². The van der Waals surface area contributed by atoms with Gasteiger partial charge in [-0.15, -0.1) is 0 Å². The van der Waals surface area contributed by atoms with Crippen molar-refractivity contribution in [3.63, 3.8) is 0 Å². The fraction of sp³-hybridized carbons (Fsp3) is 0.500. The fourth-order valence-corrected chi connectivity index (χ4v) is 2.92. The number of benzene rings is 1. The van der Waals surface area contributed by atoms with E-state index in [0.717, 1.165) is 17.8 Å². The molecular weight excluding hydrogens is 225 g/mol. The molecule has 0 saturated carbocycles. The zero-order valence-electron chi connectivity index (χ0n) is 11.5. The second-order valence-corrected chi connectivity index (χ2v) is 5.64. The van der Waals surface area contributed by atoms with Gasteiger partial charge in [-0.1, -0.05) is 18.6 Å². The minimum absolute atomic E-state index is 0.164. The number of hydrogen-bond donors (Lipinski definition) is 1. The summed E-state index contributed by atoms with van der Waals surface area (Å²) < 4.78 is 13.0. The lowest BCUT2D eigenvalue weighted by Crippen LogP contribution is -2.20. The lowest BCUT2D eigenvalue weighted by molar-refractivity contribution is 0.421. The number of halogens is 1. The Balaban J connectivity index is 1.94. The maximum atomic E-state index is 13.0. The third-order valence-corrected chi connectivity index (χ3v) is 3.65. The second kappa shape index (κ2) is 5.55. The third kappa shape index (κ3) is 3.34. The van der Waals surface area contributed by atoms with Crippen LogP contribution in [-0.2, 0) is 0 Å². The minimum atomic E-state index is -0.164. The first-order chi connectivity index (χ1) is 8.54. The number of rotatable bonds is 3. The average Bonchev–Trinajstić information content (AvgIpc) is 2.26. The standard InChI is InChI=1S/C16H22FN/c1-11-6-12(2)8-14(7-11)10-18-16-5-4-15(17)9-13(16)3/h4-6,9,11,14,18H,7-8,10H2,1-3H3. The van der Waals surface area contributed by atoms with Crippen LogP contribution in [0.4, 0.5) is 10.1 Å². The zero-order valence-corrected chi connectivity index (χ0v) is 11.5. The fourth-order valence-electron chi connectivity index (χ4n) is 2.92. The number of allylic oxidation sites excluding steroid dienone is 2.